The molecule has 1 heterocycles. The van der Waals surface area contributed by atoms with Gasteiger partial charge in [-0.05, 0) is 54.9 Å². The Kier molecular flexibility index (Phi) is 6.78. The van der Waals surface area contributed by atoms with E-state index >= 15 is 0 Å². The first-order valence-electron chi connectivity index (χ1n) is 9.43. The van der Waals surface area contributed by atoms with Gasteiger partial charge in [-0.2, -0.15) is 5.26 Å². The van der Waals surface area contributed by atoms with Gasteiger partial charge in [0.05, 0.1) is 18.6 Å². The van der Waals surface area contributed by atoms with E-state index in [0.29, 0.717) is 24.3 Å². The summed E-state index contributed by atoms with van der Waals surface area (Å²) in [4.78, 5) is 28.3. The number of carboxylic acids is 1. The van der Waals surface area contributed by atoms with E-state index in [1.807, 2.05) is 30.3 Å². The third kappa shape index (κ3) is 5.09. The second kappa shape index (κ2) is 9.48. The van der Waals surface area contributed by atoms with Crippen LogP contribution in [0.25, 0.3) is 6.08 Å². The molecule has 0 bridgehead atoms. The van der Waals surface area contributed by atoms with E-state index in [2.05, 4.69) is 4.98 Å². The standard InChI is InChI=1S/C22H22N2O4S/c1-28-17-5-3-15(4-6-17)18-10-14(11-19(18)22(26)27)2-7-20(25)16(13-23)12-21-24-8-9-29-21/h3-6,8-9,12,14,18-19H,2,7,10-11H2,1H3,(H,26,27)/b16-12+/t14?,18-,19+/m0/s1. The number of Topliss-reactive ketones (excluding diaryl/α,β-unsaturated/α-hetero) is 1. The minimum atomic E-state index is -0.805. The molecule has 1 saturated carbocycles. The third-order valence-electron chi connectivity index (χ3n) is 5.44. The minimum absolute atomic E-state index is 0.0835. The second-order valence-corrected chi connectivity index (χ2v) is 8.09. The molecule has 1 fully saturated rings. The summed E-state index contributed by atoms with van der Waals surface area (Å²) in [5.41, 5.74) is 1.08. The van der Waals surface area contributed by atoms with Crippen LogP contribution in [-0.2, 0) is 9.59 Å². The fraction of sp³-hybridized carbons (Fsp3) is 0.364. The summed E-state index contributed by atoms with van der Waals surface area (Å²) in [6, 6.07) is 9.47. The maximum atomic E-state index is 12.5. The van der Waals surface area contributed by atoms with E-state index in [0.717, 1.165) is 11.3 Å². The van der Waals surface area contributed by atoms with Crippen LogP contribution in [0, 0.1) is 23.2 Å². The molecule has 2 aromatic rings. The molecule has 0 saturated heterocycles. The Morgan fingerprint density at radius 1 is 1.34 bits per heavy atom. The van der Waals surface area contributed by atoms with Crippen molar-refractivity contribution >= 4 is 29.2 Å². The largest absolute Gasteiger partial charge is 0.497 e. The van der Waals surface area contributed by atoms with Crippen molar-refractivity contribution < 1.29 is 19.4 Å². The van der Waals surface area contributed by atoms with Crippen molar-refractivity contribution in [2.24, 2.45) is 11.8 Å². The van der Waals surface area contributed by atoms with Crippen molar-refractivity contribution in [1.29, 1.82) is 5.26 Å². The topological polar surface area (TPSA) is 100 Å². The van der Waals surface area contributed by atoms with Gasteiger partial charge in [0.2, 0.25) is 0 Å². The normalized spacial score (nSPS) is 21.5. The van der Waals surface area contributed by atoms with Gasteiger partial charge >= 0.3 is 5.97 Å². The molecule has 29 heavy (non-hydrogen) atoms. The Bertz CT molecular complexity index is 929. The number of allylic oxidation sites excluding steroid dienone is 1. The molecule has 1 aliphatic carbocycles. The lowest BCUT2D eigenvalue weighted by atomic mass is 9.89. The first-order valence-corrected chi connectivity index (χ1v) is 10.3. The molecule has 1 aromatic heterocycles. The summed E-state index contributed by atoms with van der Waals surface area (Å²) in [5, 5.41) is 21.4. The monoisotopic (exact) mass is 410 g/mol. The number of hydrogen-bond donors (Lipinski definition) is 1. The highest BCUT2D eigenvalue weighted by atomic mass is 32.1. The number of carbonyl (C=O) groups is 2. The van der Waals surface area contributed by atoms with Crippen LogP contribution in [0.3, 0.4) is 0 Å². The summed E-state index contributed by atoms with van der Waals surface area (Å²) in [5.74, 6) is -0.711. The quantitative estimate of drug-likeness (QED) is 0.514. The molecular formula is C22H22N2O4S. The zero-order valence-corrected chi connectivity index (χ0v) is 16.9. The van der Waals surface area contributed by atoms with Crippen LogP contribution in [0.4, 0.5) is 0 Å². The van der Waals surface area contributed by atoms with Crippen molar-refractivity contribution in [3.63, 3.8) is 0 Å². The first-order chi connectivity index (χ1) is 14.0. The van der Waals surface area contributed by atoms with E-state index < -0.39 is 11.9 Å². The highest BCUT2D eigenvalue weighted by Gasteiger charge is 2.39. The lowest BCUT2D eigenvalue weighted by molar-refractivity contribution is -0.142. The van der Waals surface area contributed by atoms with Crippen LogP contribution < -0.4 is 4.74 Å². The average Bonchev–Trinajstić information content (AvgIpc) is 3.40. The molecule has 3 atom stereocenters. The second-order valence-electron chi connectivity index (χ2n) is 7.16. The summed E-state index contributed by atoms with van der Waals surface area (Å²) < 4.78 is 5.17. The molecule has 0 radical (unpaired) electrons. The molecule has 0 amide bonds. The lowest BCUT2D eigenvalue weighted by Crippen LogP contribution is -2.16. The zero-order valence-electron chi connectivity index (χ0n) is 16.1. The van der Waals surface area contributed by atoms with Crippen molar-refractivity contribution in [3.05, 3.63) is 52.0 Å². The third-order valence-corrected chi connectivity index (χ3v) is 6.16. The smallest absolute Gasteiger partial charge is 0.307 e. The summed E-state index contributed by atoms with van der Waals surface area (Å²) >= 11 is 1.37. The predicted octanol–water partition coefficient (Wildman–Crippen LogP) is 4.30. The van der Waals surface area contributed by atoms with Gasteiger partial charge in [-0.1, -0.05) is 12.1 Å². The fourth-order valence-electron chi connectivity index (χ4n) is 3.95. The molecule has 1 aliphatic rings. The van der Waals surface area contributed by atoms with Crippen LogP contribution in [0.1, 0.15) is 42.2 Å². The highest BCUT2D eigenvalue weighted by molar-refractivity contribution is 7.10. The van der Waals surface area contributed by atoms with Gasteiger partial charge in [0, 0.05) is 18.0 Å². The molecule has 0 aliphatic heterocycles. The number of ether oxygens (including phenoxy) is 1. The Balaban J connectivity index is 1.64. The van der Waals surface area contributed by atoms with Crippen LogP contribution in [0.15, 0.2) is 41.4 Å². The maximum Gasteiger partial charge on any atom is 0.307 e. The number of benzene rings is 1. The van der Waals surface area contributed by atoms with Crippen molar-refractivity contribution in [2.75, 3.05) is 7.11 Å². The Morgan fingerprint density at radius 2 is 2.10 bits per heavy atom. The number of carbonyl (C=O) groups excluding carboxylic acids is 1. The van der Waals surface area contributed by atoms with Crippen LogP contribution in [0.5, 0.6) is 5.75 Å². The van der Waals surface area contributed by atoms with Crippen molar-refractivity contribution in [3.8, 4) is 11.8 Å². The zero-order chi connectivity index (χ0) is 20.8. The van der Waals surface area contributed by atoms with Crippen LogP contribution in [0.2, 0.25) is 0 Å². The van der Waals surface area contributed by atoms with Gasteiger partial charge in [-0.3, -0.25) is 9.59 Å². The number of methoxy groups -OCH3 is 1. The summed E-state index contributed by atoms with van der Waals surface area (Å²) in [7, 11) is 1.59. The van der Waals surface area contributed by atoms with Gasteiger partial charge < -0.3 is 9.84 Å². The number of aliphatic carboxylic acids is 1. The summed E-state index contributed by atoms with van der Waals surface area (Å²) in [6.45, 7) is 0. The van der Waals surface area contributed by atoms with Crippen molar-refractivity contribution in [1.82, 2.24) is 4.98 Å². The average molecular weight is 410 g/mol. The first kappa shape index (κ1) is 20.7. The molecule has 150 valence electrons. The minimum Gasteiger partial charge on any atom is -0.497 e. The van der Waals surface area contributed by atoms with E-state index in [1.54, 1.807) is 18.7 Å². The molecular weight excluding hydrogens is 388 g/mol. The predicted molar refractivity (Wildman–Crippen MR) is 110 cm³/mol. The molecule has 1 aromatic carbocycles. The number of nitriles is 1. The van der Waals surface area contributed by atoms with E-state index in [4.69, 9.17) is 4.74 Å². The van der Waals surface area contributed by atoms with Crippen molar-refractivity contribution in [2.45, 2.75) is 31.6 Å². The molecule has 7 heteroatoms. The fourth-order valence-corrected chi connectivity index (χ4v) is 4.51. The Labute approximate surface area is 173 Å². The summed E-state index contributed by atoms with van der Waals surface area (Å²) in [6.07, 6.45) is 5.21. The van der Waals surface area contributed by atoms with Crippen LogP contribution in [-0.4, -0.2) is 29.0 Å². The molecule has 0 spiro atoms. The number of carboxylic acid groups (broad SMARTS) is 1. The molecule has 3 rings (SSSR count). The van der Waals surface area contributed by atoms with Gasteiger partial charge in [0.1, 0.15) is 16.8 Å². The van der Waals surface area contributed by atoms with E-state index in [1.165, 1.54) is 17.4 Å². The molecule has 1 N–H and O–H groups in total. The number of hydrogen-bond acceptors (Lipinski definition) is 6. The molecule has 6 nitrogen and oxygen atoms in total. The Hall–Kier alpha value is -2.98. The number of aromatic nitrogens is 1. The number of ketones is 1. The highest BCUT2D eigenvalue weighted by Crippen LogP contribution is 2.45. The molecule has 1 unspecified atom stereocenters. The van der Waals surface area contributed by atoms with E-state index in [-0.39, 0.29) is 29.6 Å². The van der Waals surface area contributed by atoms with Gasteiger partial charge in [0.25, 0.3) is 0 Å². The number of rotatable bonds is 8. The number of nitrogens with zero attached hydrogens (tertiary/aromatic N) is 2. The van der Waals surface area contributed by atoms with Gasteiger partial charge in [-0.15, -0.1) is 11.3 Å². The Morgan fingerprint density at radius 3 is 2.69 bits per heavy atom. The number of thiazole rings is 1. The van der Waals surface area contributed by atoms with Crippen LogP contribution >= 0.6 is 11.3 Å². The SMILES string of the molecule is COc1ccc([C@@H]2CC(CCC(=O)/C(C#N)=C/c3nccs3)C[C@H]2C(=O)O)cc1. The van der Waals surface area contributed by atoms with E-state index in [9.17, 15) is 20.0 Å². The lowest BCUT2D eigenvalue weighted by Gasteiger charge is -2.16. The van der Waals surface area contributed by atoms with Gasteiger partial charge in [0.15, 0.2) is 5.78 Å². The van der Waals surface area contributed by atoms with Gasteiger partial charge in [-0.25, -0.2) is 4.98 Å². The maximum absolute atomic E-state index is 12.5.